The standard InChI is InChI=1S/C10H18N2O3/c1-7(10(14)15)6-12(3)8-4-5-11(2)9(8)13/h7-8H,4-6H2,1-3H3,(H,14,15). The number of carbonyl (C=O) groups is 2. The van der Waals surface area contributed by atoms with Crippen molar-refractivity contribution in [2.75, 3.05) is 27.2 Å². The molecule has 1 heterocycles. The molecule has 1 amide bonds. The maximum absolute atomic E-state index is 11.6. The zero-order chi connectivity index (χ0) is 11.6. The molecule has 15 heavy (non-hydrogen) atoms. The van der Waals surface area contributed by atoms with Crippen LogP contribution in [0.1, 0.15) is 13.3 Å². The molecule has 0 radical (unpaired) electrons. The predicted molar refractivity (Wildman–Crippen MR) is 55.5 cm³/mol. The van der Waals surface area contributed by atoms with Crippen LogP contribution < -0.4 is 0 Å². The van der Waals surface area contributed by atoms with Gasteiger partial charge < -0.3 is 10.0 Å². The Morgan fingerprint density at radius 1 is 1.73 bits per heavy atom. The molecule has 86 valence electrons. The fraction of sp³-hybridized carbons (Fsp3) is 0.800. The highest BCUT2D eigenvalue weighted by molar-refractivity contribution is 5.83. The number of carboxylic acids is 1. The lowest BCUT2D eigenvalue weighted by Gasteiger charge is -2.24. The fourth-order valence-corrected chi connectivity index (χ4v) is 1.85. The molecule has 5 heteroatoms. The van der Waals surface area contributed by atoms with Gasteiger partial charge >= 0.3 is 5.97 Å². The number of likely N-dealkylation sites (N-methyl/N-ethyl adjacent to an activating group) is 2. The van der Waals surface area contributed by atoms with E-state index in [4.69, 9.17) is 5.11 Å². The second-order valence-corrected chi connectivity index (χ2v) is 4.24. The monoisotopic (exact) mass is 214 g/mol. The van der Waals surface area contributed by atoms with Crippen LogP contribution in [-0.4, -0.2) is 60.0 Å². The van der Waals surface area contributed by atoms with E-state index in [-0.39, 0.29) is 11.9 Å². The van der Waals surface area contributed by atoms with E-state index in [0.717, 1.165) is 13.0 Å². The third-order valence-corrected chi connectivity index (χ3v) is 2.91. The van der Waals surface area contributed by atoms with Crippen LogP contribution in [0.25, 0.3) is 0 Å². The first-order valence-electron chi connectivity index (χ1n) is 5.11. The fourth-order valence-electron chi connectivity index (χ4n) is 1.85. The SMILES string of the molecule is CC(CN(C)C1CCN(C)C1=O)C(=O)O. The minimum atomic E-state index is -0.819. The number of hydrogen-bond donors (Lipinski definition) is 1. The molecule has 1 aliphatic rings. The van der Waals surface area contributed by atoms with Gasteiger partial charge in [-0.3, -0.25) is 14.5 Å². The summed E-state index contributed by atoms with van der Waals surface area (Å²) in [5, 5.41) is 8.77. The average Bonchev–Trinajstić information content (AvgIpc) is 2.47. The second kappa shape index (κ2) is 4.61. The molecule has 0 aromatic rings. The van der Waals surface area contributed by atoms with Crippen molar-refractivity contribution in [1.29, 1.82) is 0 Å². The van der Waals surface area contributed by atoms with E-state index in [2.05, 4.69) is 0 Å². The van der Waals surface area contributed by atoms with Crippen molar-refractivity contribution in [3.8, 4) is 0 Å². The van der Waals surface area contributed by atoms with Crippen molar-refractivity contribution >= 4 is 11.9 Å². The number of carbonyl (C=O) groups excluding carboxylic acids is 1. The smallest absolute Gasteiger partial charge is 0.307 e. The van der Waals surface area contributed by atoms with Crippen LogP contribution in [0.5, 0.6) is 0 Å². The molecule has 0 aliphatic carbocycles. The minimum Gasteiger partial charge on any atom is -0.481 e. The van der Waals surface area contributed by atoms with Crippen LogP contribution in [0.15, 0.2) is 0 Å². The Morgan fingerprint density at radius 2 is 2.33 bits per heavy atom. The predicted octanol–water partition coefficient (Wildman–Crippen LogP) is -0.130. The van der Waals surface area contributed by atoms with Crippen molar-refractivity contribution in [1.82, 2.24) is 9.80 Å². The van der Waals surface area contributed by atoms with E-state index in [0.29, 0.717) is 6.54 Å². The Balaban J connectivity index is 2.51. The van der Waals surface area contributed by atoms with E-state index in [1.165, 1.54) is 0 Å². The van der Waals surface area contributed by atoms with Crippen molar-refractivity contribution in [2.45, 2.75) is 19.4 Å². The van der Waals surface area contributed by atoms with Gasteiger partial charge in [-0.2, -0.15) is 0 Å². The van der Waals surface area contributed by atoms with Gasteiger partial charge in [-0.25, -0.2) is 0 Å². The summed E-state index contributed by atoms with van der Waals surface area (Å²) in [6.45, 7) is 2.83. The highest BCUT2D eigenvalue weighted by atomic mass is 16.4. The molecule has 0 spiro atoms. The molecular weight excluding hydrogens is 196 g/mol. The molecule has 0 aromatic carbocycles. The summed E-state index contributed by atoms with van der Waals surface area (Å²) in [6, 6.07) is -0.142. The summed E-state index contributed by atoms with van der Waals surface area (Å²) >= 11 is 0. The number of rotatable bonds is 4. The third-order valence-electron chi connectivity index (χ3n) is 2.91. The first-order valence-corrected chi connectivity index (χ1v) is 5.11. The number of carboxylic acid groups (broad SMARTS) is 1. The molecule has 2 unspecified atom stereocenters. The van der Waals surface area contributed by atoms with Crippen molar-refractivity contribution in [3.05, 3.63) is 0 Å². The van der Waals surface area contributed by atoms with E-state index in [1.54, 1.807) is 25.9 Å². The van der Waals surface area contributed by atoms with Crippen molar-refractivity contribution in [2.24, 2.45) is 5.92 Å². The maximum atomic E-state index is 11.6. The highest BCUT2D eigenvalue weighted by Crippen LogP contribution is 2.15. The van der Waals surface area contributed by atoms with Gasteiger partial charge in [-0.15, -0.1) is 0 Å². The Hall–Kier alpha value is -1.10. The summed E-state index contributed by atoms with van der Waals surface area (Å²) in [7, 11) is 3.58. The highest BCUT2D eigenvalue weighted by Gasteiger charge is 2.33. The topological polar surface area (TPSA) is 60.9 Å². The number of likely N-dealkylation sites (tertiary alicyclic amines) is 1. The average molecular weight is 214 g/mol. The van der Waals surface area contributed by atoms with Gasteiger partial charge in [0.1, 0.15) is 0 Å². The summed E-state index contributed by atoms with van der Waals surface area (Å²) in [6.07, 6.45) is 0.790. The third kappa shape index (κ3) is 2.68. The zero-order valence-electron chi connectivity index (χ0n) is 9.43. The van der Waals surface area contributed by atoms with Gasteiger partial charge in [-0.1, -0.05) is 6.92 Å². The normalized spacial score (nSPS) is 23.6. The van der Waals surface area contributed by atoms with Gasteiger partial charge in [-0.05, 0) is 13.5 Å². The first kappa shape index (κ1) is 12.0. The first-order chi connectivity index (χ1) is 6.93. The van der Waals surface area contributed by atoms with E-state index >= 15 is 0 Å². The van der Waals surface area contributed by atoms with Crippen LogP contribution in [0, 0.1) is 5.92 Å². The lowest BCUT2D eigenvalue weighted by atomic mass is 10.1. The van der Waals surface area contributed by atoms with Gasteiger partial charge in [0.15, 0.2) is 0 Å². The molecule has 5 nitrogen and oxygen atoms in total. The molecule has 1 saturated heterocycles. The van der Waals surface area contributed by atoms with Crippen LogP contribution in [-0.2, 0) is 9.59 Å². The van der Waals surface area contributed by atoms with E-state index in [9.17, 15) is 9.59 Å². The molecule has 0 saturated carbocycles. The van der Waals surface area contributed by atoms with Gasteiger partial charge in [0, 0.05) is 20.1 Å². The molecule has 0 aromatic heterocycles. The van der Waals surface area contributed by atoms with E-state index < -0.39 is 11.9 Å². The molecule has 1 aliphatic heterocycles. The van der Waals surface area contributed by atoms with Crippen molar-refractivity contribution < 1.29 is 14.7 Å². The molecule has 1 fully saturated rings. The zero-order valence-corrected chi connectivity index (χ0v) is 9.43. The quantitative estimate of drug-likeness (QED) is 0.708. The summed E-state index contributed by atoms with van der Waals surface area (Å²) in [5.74, 6) is -1.16. The van der Waals surface area contributed by atoms with Crippen LogP contribution in [0.3, 0.4) is 0 Å². The minimum absolute atomic E-state index is 0.0927. The number of amides is 1. The maximum Gasteiger partial charge on any atom is 0.307 e. The van der Waals surface area contributed by atoms with Gasteiger partial charge in [0.2, 0.25) is 5.91 Å². The number of nitrogens with zero attached hydrogens (tertiary/aromatic N) is 2. The Kier molecular flexibility index (Phi) is 3.68. The Labute approximate surface area is 89.7 Å². The lowest BCUT2D eigenvalue weighted by Crippen LogP contribution is -2.41. The second-order valence-electron chi connectivity index (χ2n) is 4.24. The molecule has 1 rings (SSSR count). The summed E-state index contributed by atoms with van der Waals surface area (Å²) in [4.78, 5) is 25.8. The lowest BCUT2D eigenvalue weighted by molar-refractivity contribution is -0.142. The largest absolute Gasteiger partial charge is 0.481 e. The van der Waals surface area contributed by atoms with Crippen LogP contribution in [0.2, 0.25) is 0 Å². The van der Waals surface area contributed by atoms with Crippen molar-refractivity contribution in [3.63, 3.8) is 0 Å². The summed E-state index contributed by atoms with van der Waals surface area (Å²) < 4.78 is 0. The number of hydrogen-bond acceptors (Lipinski definition) is 3. The van der Waals surface area contributed by atoms with Crippen LogP contribution in [0.4, 0.5) is 0 Å². The van der Waals surface area contributed by atoms with Gasteiger partial charge in [0.05, 0.1) is 12.0 Å². The van der Waals surface area contributed by atoms with Gasteiger partial charge in [0.25, 0.3) is 0 Å². The molecule has 0 bridgehead atoms. The Morgan fingerprint density at radius 3 is 2.73 bits per heavy atom. The van der Waals surface area contributed by atoms with E-state index in [1.807, 2.05) is 4.90 Å². The molecule has 1 N–H and O–H groups in total. The molecular formula is C10H18N2O3. The Bertz CT molecular complexity index is 267. The number of aliphatic carboxylic acids is 1. The van der Waals surface area contributed by atoms with Crippen LogP contribution >= 0.6 is 0 Å². The molecule has 2 atom stereocenters. The summed E-state index contributed by atoms with van der Waals surface area (Å²) in [5.41, 5.74) is 0.